The highest BCUT2D eigenvalue weighted by molar-refractivity contribution is 6.31. The van der Waals surface area contributed by atoms with E-state index in [0.717, 1.165) is 17.9 Å². The summed E-state index contributed by atoms with van der Waals surface area (Å²) in [6, 6.07) is 5.07. The van der Waals surface area contributed by atoms with Gasteiger partial charge in [0.1, 0.15) is 5.82 Å². The number of nitrogens with two attached hydrogens (primary N) is 1. The fraction of sp³-hybridized carbons (Fsp3) is 0.615. The Hall–Kier alpha value is -0.800. The van der Waals surface area contributed by atoms with Gasteiger partial charge in [-0.05, 0) is 38.3 Å². The number of pyridine rings is 1. The molecule has 1 saturated heterocycles. The van der Waals surface area contributed by atoms with Gasteiger partial charge in [0.05, 0.1) is 10.7 Å². The highest BCUT2D eigenvalue weighted by atomic mass is 35.5. The number of hydrogen-bond donors (Lipinski definition) is 1. The number of hydrogen-bond acceptors (Lipinski definition) is 3. The fourth-order valence-electron chi connectivity index (χ4n) is 2.65. The molecule has 0 aliphatic carbocycles. The van der Waals surface area contributed by atoms with E-state index in [1.165, 1.54) is 12.8 Å². The molecule has 0 amide bonds. The van der Waals surface area contributed by atoms with Crippen molar-refractivity contribution in [2.24, 2.45) is 5.73 Å². The van der Waals surface area contributed by atoms with Gasteiger partial charge in [-0.2, -0.15) is 0 Å². The summed E-state index contributed by atoms with van der Waals surface area (Å²) in [5.41, 5.74) is 6.44. The van der Waals surface area contributed by atoms with Crippen LogP contribution in [0.3, 0.4) is 0 Å². The first-order valence-corrected chi connectivity index (χ1v) is 6.69. The second-order valence-corrected chi connectivity index (χ2v) is 5.11. The molecule has 2 rings (SSSR count). The molecular weight excluding hydrogens is 234 g/mol. The van der Waals surface area contributed by atoms with Crippen molar-refractivity contribution in [3.8, 4) is 0 Å². The average molecular weight is 254 g/mol. The molecule has 1 aliphatic heterocycles. The molecule has 1 aromatic rings. The van der Waals surface area contributed by atoms with Crippen molar-refractivity contribution in [1.29, 1.82) is 0 Å². The van der Waals surface area contributed by atoms with E-state index in [1.807, 2.05) is 12.1 Å². The molecule has 0 aromatic carbocycles. The van der Waals surface area contributed by atoms with E-state index in [9.17, 15) is 0 Å². The maximum atomic E-state index is 6.05. The number of anilines is 1. The van der Waals surface area contributed by atoms with E-state index in [0.29, 0.717) is 23.7 Å². The summed E-state index contributed by atoms with van der Waals surface area (Å²) in [5.74, 6) is 1.02. The molecule has 2 unspecified atom stereocenters. The molecule has 0 bridgehead atoms. The molecule has 1 aliphatic rings. The number of halogens is 1. The van der Waals surface area contributed by atoms with E-state index in [-0.39, 0.29) is 0 Å². The Kier molecular flexibility index (Phi) is 3.89. The summed E-state index contributed by atoms with van der Waals surface area (Å²) in [6.07, 6.45) is 3.65. The second-order valence-electron chi connectivity index (χ2n) is 4.70. The molecule has 17 heavy (non-hydrogen) atoms. The van der Waals surface area contributed by atoms with Crippen molar-refractivity contribution in [3.63, 3.8) is 0 Å². The van der Waals surface area contributed by atoms with Crippen LogP contribution in [-0.2, 0) is 6.54 Å². The van der Waals surface area contributed by atoms with Crippen molar-refractivity contribution < 1.29 is 0 Å². The molecule has 1 fully saturated rings. The maximum absolute atomic E-state index is 6.05. The average Bonchev–Trinajstić information content (AvgIpc) is 2.71. The molecule has 2 atom stereocenters. The van der Waals surface area contributed by atoms with Gasteiger partial charge in [-0.25, -0.2) is 4.98 Å². The first-order valence-electron chi connectivity index (χ1n) is 6.31. The summed E-state index contributed by atoms with van der Waals surface area (Å²) in [7, 11) is 0. The van der Waals surface area contributed by atoms with Gasteiger partial charge in [0, 0.05) is 18.6 Å². The van der Waals surface area contributed by atoms with Gasteiger partial charge in [0.15, 0.2) is 0 Å². The van der Waals surface area contributed by atoms with Crippen LogP contribution in [0.2, 0.25) is 5.02 Å². The second kappa shape index (κ2) is 5.23. The Morgan fingerprint density at radius 3 is 2.88 bits per heavy atom. The minimum atomic E-state index is 0.395. The van der Waals surface area contributed by atoms with Crippen molar-refractivity contribution in [3.05, 3.63) is 22.8 Å². The summed E-state index contributed by atoms with van der Waals surface area (Å²) in [4.78, 5) is 7.00. The zero-order valence-electron chi connectivity index (χ0n) is 10.5. The van der Waals surface area contributed by atoms with Crippen LogP contribution in [0.15, 0.2) is 12.1 Å². The van der Waals surface area contributed by atoms with Crippen LogP contribution >= 0.6 is 11.6 Å². The van der Waals surface area contributed by atoms with E-state index >= 15 is 0 Å². The molecule has 0 radical (unpaired) electrons. The fourth-order valence-corrected chi connectivity index (χ4v) is 2.83. The van der Waals surface area contributed by atoms with Crippen LogP contribution in [0.5, 0.6) is 0 Å². The number of aromatic nitrogens is 1. The first kappa shape index (κ1) is 12.7. The lowest BCUT2D eigenvalue weighted by atomic mass is 10.1. The third-order valence-corrected chi connectivity index (χ3v) is 3.96. The van der Waals surface area contributed by atoms with Gasteiger partial charge in [-0.1, -0.05) is 18.5 Å². The first-order chi connectivity index (χ1) is 8.17. The largest absolute Gasteiger partial charge is 0.351 e. The van der Waals surface area contributed by atoms with Crippen molar-refractivity contribution in [2.45, 2.75) is 51.7 Å². The Balaban J connectivity index is 2.32. The predicted octanol–water partition coefficient (Wildman–Crippen LogP) is 2.96. The zero-order chi connectivity index (χ0) is 12.4. The van der Waals surface area contributed by atoms with Crippen molar-refractivity contribution in [2.75, 3.05) is 4.90 Å². The molecule has 0 saturated carbocycles. The van der Waals surface area contributed by atoms with Crippen LogP contribution in [0.25, 0.3) is 0 Å². The van der Waals surface area contributed by atoms with Gasteiger partial charge in [-0.3, -0.25) is 0 Å². The van der Waals surface area contributed by atoms with Crippen molar-refractivity contribution >= 4 is 17.4 Å². The smallest absolute Gasteiger partial charge is 0.129 e. The zero-order valence-corrected chi connectivity index (χ0v) is 11.2. The molecule has 4 heteroatoms. The normalized spacial score (nSPS) is 24.4. The van der Waals surface area contributed by atoms with Crippen LogP contribution in [-0.4, -0.2) is 17.1 Å². The third kappa shape index (κ3) is 2.40. The lowest BCUT2D eigenvalue weighted by Gasteiger charge is -2.29. The Labute approximate surface area is 108 Å². The predicted molar refractivity (Wildman–Crippen MR) is 72.4 cm³/mol. The Morgan fingerprint density at radius 1 is 1.47 bits per heavy atom. The van der Waals surface area contributed by atoms with Crippen LogP contribution in [0.1, 0.15) is 38.8 Å². The Bertz CT molecular complexity index is 394. The van der Waals surface area contributed by atoms with Gasteiger partial charge >= 0.3 is 0 Å². The molecule has 2 N–H and O–H groups in total. The monoisotopic (exact) mass is 253 g/mol. The summed E-state index contributed by atoms with van der Waals surface area (Å²) < 4.78 is 0. The lowest BCUT2D eigenvalue weighted by Crippen LogP contribution is -2.35. The summed E-state index contributed by atoms with van der Waals surface area (Å²) >= 11 is 6.05. The minimum Gasteiger partial charge on any atom is -0.351 e. The van der Waals surface area contributed by atoms with Gasteiger partial charge < -0.3 is 10.6 Å². The number of rotatable bonds is 3. The molecule has 94 valence electrons. The maximum Gasteiger partial charge on any atom is 0.129 e. The number of nitrogens with zero attached hydrogens (tertiary/aromatic N) is 2. The SMILES string of the molecule is CCC1CCC(C)N1c1ccc(Cl)c(CN)n1. The highest BCUT2D eigenvalue weighted by Gasteiger charge is 2.30. The lowest BCUT2D eigenvalue weighted by molar-refractivity contribution is 0.620. The topological polar surface area (TPSA) is 42.1 Å². The quantitative estimate of drug-likeness (QED) is 0.901. The van der Waals surface area contributed by atoms with Crippen molar-refractivity contribution in [1.82, 2.24) is 4.98 Å². The van der Waals surface area contributed by atoms with Crippen LogP contribution in [0.4, 0.5) is 5.82 Å². The summed E-state index contributed by atoms with van der Waals surface area (Å²) in [5, 5.41) is 0.663. The van der Waals surface area contributed by atoms with E-state index in [1.54, 1.807) is 0 Å². The molecule has 3 nitrogen and oxygen atoms in total. The molecule has 1 aromatic heterocycles. The third-order valence-electron chi connectivity index (χ3n) is 3.62. The van der Waals surface area contributed by atoms with Gasteiger partial charge in [-0.15, -0.1) is 0 Å². The van der Waals surface area contributed by atoms with Crippen LogP contribution < -0.4 is 10.6 Å². The summed E-state index contributed by atoms with van der Waals surface area (Å²) in [6.45, 7) is 4.88. The molecule has 2 heterocycles. The molecule has 0 spiro atoms. The Morgan fingerprint density at radius 2 is 2.24 bits per heavy atom. The highest BCUT2D eigenvalue weighted by Crippen LogP contribution is 2.31. The van der Waals surface area contributed by atoms with Gasteiger partial charge in [0.25, 0.3) is 0 Å². The minimum absolute atomic E-state index is 0.395. The van der Waals surface area contributed by atoms with Crippen LogP contribution in [0, 0.1) is 0 Å². The van der Waals surface area contributed by atoms with E-state index < -0.39 is 0 Å². The standard InChI is InChI=1S/C13H20ClN3/c1-3-10-5-4-9(2)17(10)13-7-6-11(14)12(8-15)16-13/h6-7,9-10H,3-5,8,15H2,1-2H3. The molecular formula is C13H20ClN3. The van der Waals surface area contributed by atoms with Gasteiger partial charge in [0.2, 0.25) is 0 Å². The van der Waals surface area contributed by atoms with E-state index in [4.69, 9.17) is 17.3 Å². The van der Waals surface area contributed by atoms with E-state index in [2.05, 4.69) is 23.7 Å².